The fraction of sp³-hybridized carbons (Fsp3) is 0.562. The third-order valence-corrected chi connectivity index (χ3v) is 5.46. The molecular weight excluding hydrogens is 399 g/mol. The van der Waals surface area contributed by atoms with Crippen LogP contribution in [0.2, 0.25) is 5.02 Å². The van der Waals surface area contributed by atoms with E-state index in [0.29, 0.717) is 16.5 Å². The zero-order chi connectivity index (χ0) is 15.2. The monoisotopic (exact) mass is 420 g/mol. The average Bonchev–Trinajstić information content (AvgIpc) is 2.50. The number of nitrogens with zero attached hydrogens (tertiary/aromatic N) is 1. The summed E-state index contributed by atoms with van der Waals surface area (Å²) in [6, 6.07) is 5.57. The third kappa shape index (κ3) is 4.83. The number of nitrogens with one attached hydrogen (secondary N) is 1. The molecule has 1 aromatic rings. The number of hydrogen-bond acceptors (Lipinski definition) is 2. The minimum absolute atomic E-state index is 0.105. The highest BCUT2D eigenvalue weighted by atomic mass is 127. The fourth-order valence-corrected chi connectivity index (χ4v) is 3.25. The van der Waals surface area contributed by atoms with Crippen LogP contribution in [0.5, 0.6) is 0 Å². The summed E-state index contributed by atoms with van der Waals surface area (Å²) in [5.74, 6) is 0.717. The van der Waals surface area contributed by atoms with Gasteiger partial charge >= 0.3 is 0 Å². The Morgan fingerprint density at radius 2 is 2.14 bits per heavy atom. The molecule has 1 amide bonds. The van der Waals surface area contributed by atoms with Crippen LogP contribution in [0.1, 0.15) is 36.5 Å². The molecule has 1 fully saturated rings. The summed E-state index contributed by atoms with van der Waals surface area (Å²) in [6.07, 6.45) is 3.29. The highest BCUT2D eigenvalue weighted by molar-refractivity contribution is 14.1. The van der Waals surface area contributed by atoms with Gasteiger partial charge in [0.05, 0.1) is 5.02 Å². The Hall–Kier alpha value is -0.330. The van der Waals surface area contributed by atoms with Crippen molar-refractivity contribution < 1.29 is 4.79 Å². The number of piperidine rings is 1. The molecule has 3 nitrogen and oxygen atoms in total. The molecule has 0 unspecified atom stereocenters. The van der Waals surface area contributed by atoms with Gasteiger partial charge in [-0.2, -0.15) is 0 Å². The standard InChI is InChI=1S/C16H22ClIN2O/c1-2-9-20(11-12-5-7-19-8-6-12)16(21)13-3-4-15(18)14(17)10-13/h3-4,10,12,19H,2,5-9,11H2,1H3. The molecule has 5 heteroatoms. The molecular formula is C16H22ClIN2O. The van der Waals surface area contributed by atoms with Gasteiger partial charge in [0.2, 0.25) is 0 Å². The van der Waals surface area contributed by atoms with Crippen molar-refractivity contribution in [3.63, 3.8) is 0 Å². The van der Waals surface area contributed by atoms with Crippen LogP contribution in [0.4, 0.5) is 0 Å². The van der Waals surface area contributed by atoms with E-state index in [1.54, 1.807) is 6.07 Å². The third-order valence-electron chi connectivity index (χ3n) is 3.88. The van der Waals surface area contributed by atoms with Crippen molar-refractivity contribution in [2.45, 2.75) is 26.2 Å². The first-order valence-electron chi connectivity index (χ1n) is 7.57. The molecule has 1 saturated heterocycles. The Balaban J connectivity index is 2.08. The zero-order valence-electron chi connectivity index (χ0n) is 12.4. The van der Waals surface area contributed by atoms with Crippen LogP contribution in [0.15, 0.2) is 18.2 Å². The minimum Gasteiger partial charge on any atom is -0.338 e. The van der Waals surface area contributed by atoms with Crippen LogP contribution < -0.4 is 5.32 Å². The highest BCUT2D eigenvalue weighted by Crippen LogP contribution is 2.21. The summed E-state index contributed by atoms with van der Waals surface area (Å²) >= 11 is 8.32. The van der Waals surface area contributed by atoms with Crippen LogP contribution >= 0.6 is 34.2 Å². The zero-order valence-corrected chi connectivity index (χ0v) is 15.3. The molecule has 0 aliphatic carbocycles. The summed E-state index contributed by atoms with van der Waals surface area (Å²) in [5.41, 5.74) is 0.697. The van der Waals surface area contributed by atoms with Crippen molar-refractivity contribution in [1.82, 2.24) is 10.2 Å². The van der Waals surface area contributed by atoms with Crippen LogP contribution in [-0.2, 0) is 0 Å². The molecule has 1 aromatic carbocycles. The predicted molar refractivity (Wildman–Crippen MR) is 96.0 cm³/mol. The lowest BCUT2D eigenvalue weighted by Crippen LogP contribution is -2.39. The quantitative estimate of drug-likeness (QED) is 0.735. The summed E-state index contributed by atoms with van der Waals surface area (Å²) in [5, 5.41) is 4.03. The molecule has 0 bridgehead atoms. The lowest BCUT2D eigenvalue weighted by molar-refractivity contribution is 0.0716. The van der Waals surface area contributed by atoms with Crippen molar-refractivity contribution in [1.29, 1.82) is 0 Å². The van der Waals surface area contributed by atoms with Crippen molar-refractivity contribution in [3.05, 3.63) is 32.4 Å². The van der Waals surface area contributed by atoms with Gasteiger partial charge in [-0.25, -0.2) is 0 Å². The maximum atomic E-state index is 12.7. The van der Waals surface area contributed by atoms with Gasteiger partial charge in [0.1, 0.15) is 0 Å². The second kappa shape index (κ2) is 8.34. The second-order valence-electron chi connectivity index (χ2n) is 5.57. The van der Waals surface area contributed by atoms with E-state index in [4.69, 9.17) is 11.6 Å². The highest BCUT2D eigenvalue weighted by Gasteiger charge is 2.21. The SMILES string of the molecule is CCCN(CC1CCNCC1)C(=O)c1ccc(I)c(Cl)c1. The van der Waals surface area contributed by atoms with Crippen LogP contribution in [-0.4, -0.2) is 37.0 Å². The van der Waals surface area contributed by atoms with Crippen molar-refractivity contribution in [3.8, 4) is 0 Å². The molecule has 21 heavy (non-hydrogen) atoms. The van der Waals surface area contributed by atoms with Gasteiger partial charge in [-0.1, -0.05) is 18.5 Å². The number of amides is 1. The number of halogens is 2. The van der Waals surface area contributed by atoms with E-state index in [2.05, 4.69) is 34.8 Å². The topological polar surface area (TPSA) is 32.3 Å². The van der Waals surface area contributed by atoms with Crippen molar-refractivity contribution >= 4 is 40.1 Å². The maximum Gasteiger partial charge on any atom is 0.253 e. The first kappa shape index (κ1) is 17.0. The normalized spacial score (nSPS) is 16.0. The lowest BCUT2D eigenvalue weighted by atomic mass is 9.97. The first-order chi connectivity index (χ1) is 10.1. The summed E-state index contributed by atoms with van der Waals surface area (Å²) in [7, 11) is 0. The van der Waals surface area contributed by atoms with Crippen molar-refractivity contribution in [2.24, 2.45) is 5.92 Å². The Morgan fingerprint density at radius 1 is 1.43 bits per heavy atom. The number of carbonyl (C=O) groups excluding carboxylic acids is 1. The molecule has 0 saturated carbocycles. The molecule has 0 radical (unpaired) electrons. The summed E-state index contributed by atoms with van der Waals surface area (Å²) < 4.78 is 0.978. The first-order valence-corrected chi connectivity index (χ1v) is 9.02. The molecule has 116 valence electrons. The van der Waals surface area contributed by atoms with Gasteiger partial charge < -0.3 is 10.2 Å². The lowest BCUT2D eigenvalue weighted by Gasteiger charge is -2.30. The number of carbonyl (C=O) groups is 1. The van der Waals surface area contributed by atoms with Gasteiger partial charge in [0, 0.05) is 22.2 Å². The molecule has 1 aliphatic heterocycles. The predicted octanol–water partition coefficient (Wildman–Crippen LogP) is 3.80. The van der Waals surface area contributed by atoms with Crippen LogP contribution in [0.25, 0.3) is 0 Å². The molecule has 1 aliphatic rings. The molecule has 0 aromatic heterocycles. The van der Waals surface area contributed by atoms with E-state index in [1.165, 1.54) is 0 Å². The van der Waals surface area contributed by atoms with Gasteiger partial charge in [-0.15, -0.1) is 0 Å². The van der Waals surface area contributed by atoms with E-state index in [1.807, 2.05) is 17.0 Å². The van der Waals surface area contributed by atoms with E-state index >= 15 is 0 Å². The second-order valence-corrected chi connectivity index (χ2v) is 7.14. The molecule has 1 heterocycles. The average molecular weight is 421 g/mol. The Bertz CT molecular complexity index is 489. The Kier molecular flexibility index (Phi) is 6.76. The molecule has 0 spiro atoms. The van der Waals surface area contributed by atoms with Gasteiger partial charge in [0.25, 0.3) is 5.91 Å². The van der Waals surface area contributed by atoms with E-state index in [0.717, 1.165) is 49.0 Å². The largest absolute Gasteiger partial charge is 0.338 e. The van der Waals surface area contributed by atoms with Crippen LogP contribution in [0, 0.1) is 9.49 Å². The fourth-order valence-electron chi connectivity index (χ4n) is 2.73. The summed E-state index contributed by atoms with van der Waals surface area (Å²) in [6.45, 7) is 5.91. The Labute approximate surface area is 145 Å². The maximum absolute atomic E-state index is 12.7. The summed E-state index contributed by atoms with van der Waals surface area (Å²) in [4.78, 5) is 14.7. The van der Waals surface area contributed by atoms with Gasteiger partial charge in [-0.3, -0.25) is 4.79 Å². The van der Waals surface area contributed by atoms with Crippen molar-refractivity contribution in [2.75, 3.05) is 26.2 Å². The van der Waals surface area contributed by atoms with Crippen LogP contribution in [0.3, 0.4) is 0 Å². The van der Waals surface area contributed by atoms with E-state index < -0.39 is 0 Å². The number of rotatable bonds is 5. The molecule has 0 atom stereocenters. The van der Waals surface area contributed by atoms with Gasteiger partial charge in [-0.05, 0) is 79.1 Å². The molecule has 2 rings (SSSR count). The molecule has 1 N–H and O–H groups in total. The number of hydrogen-bond donors (Lipinski definition) is 1. The Morgan fingerprint density at radius 3 is 2.76 bits per heavy atom. The van der Waals surface area contributed by atoms with Gasteiger partial charge in [0.15, 0.2) is 0 Å². The van der Waals surface area contributed by atoms with E-state index in [-0.39, 0.29) is 5.91 Å². The van der Waals surface area contributed by atoms with E-state index in [9.17, 15) is 4.79 Å². The minimum atomic E-state index is 0.105. The number of benzene rings is 1. The smallest absolute Gasteiger partial charge is 0.253 e.